The van der Waals surface area contributed by atoms with Gasteiger partial charge in [-0.2, -0.15) is 0 Å². The van der Waals surface area contributed by atoms with Crippen molar-refractivity contribution in [1.82, 2.24) is 19.8 Å². The van der Waals surface area contributed by atoms with Crippen LogP contribution in [-0.2, 0) is 9.53 Å². The highest BCUT2D eigenvalue weighted by atomic mass is 35.5. The Kier molecular flexibility index (Phi) is 6.01. The van der Waals surface area contributed by atoms with E-state index in [1.54, 1.807) is 13.1 Å². The molecule has 3 heterocycles. The SMILES string of the molecule is CCOC(=O)CN1C(=S)N[C@@H](c2ccccn2)[C@@H]1c1cccn1-c1cccc(Cl)c1. The first-order valence-corrected chi connectivity index (χ1v) is 10.4. The van der Waals surface area contributed by atoms with Gasteiger partial charge in [0.25, 0.3) is 0 Å². The number of rotatable bonds is 6. The third-order valence-corrected chi connectivity index (χ3v) is 5.56. The number of hydrogen-bond acceptors (Lipinski definition) is 4. The second kappa shape index (κ2) is 8.85. The number of halogens is 1. The highest BCUT2D eigenvalue weighted by Crippen LogP contribution is 2.39. The number of ether oxygens (including phenoxy) is 1. The first-order valence-electron chi connectivity index (χ1n) is 9.65. The minimum absolute atomic E-state index is 0.0500. The van der Waals surface area contributed by atoms with Gasteiger partial charge in [0.05, 0.1) is 24.4 Å². The van der Waals surface area contributed by atoms with E-state index >= 15 is 0 Å². The van der Waals surface area contributed by atoms with Crippen molar-refractivity contribution in [2.45, 2.75) is 19.0 Å². The lowest BCUT2D eigenvalue weighted by Gasteiger charge is -2.28. The maximum atomic E-state index is 12.3. The van der Waals surface area contributed by atoms with Crippen LogP contribution in [0.3, 0.4) is 0 Å². The fourth-order valence-electron chi connectivity index (χ4n) is 3.74. The van der Waals surface area contributed by atoms with Crippen molar-refractivity contribution in [3.05, 3.63) is 83.4 Å². The minimum Gasteiger partial charge on any atom is -0.465 e. The molecule has 0 aliphatic carbocycles. The van der Waals surface area contributed by atoms with Gasteiger partial charge in [0.15, 0.2) is 5.11 Å². The summed E-state index contributed by atoms with van der Waals surface area (Å²) in [5, 5.41) is 4.48. The van der Waals surface area contributed by atoms with E-state index < -0.39 is 0 Å². The monoisotopic (exact) mass is 440 g/mol. The molecule has 154 valence electrons. The lowest BCUT2D eigenvalue weighted by molar-refractivity contribution is -0.143. The topological polar surface area (TPSA) is 59.4 Å². The number of esters is 1. The highest BCUT2D eigenvalue weighted by Gasteiger charge is 2.42. The zero-order valence-electron chi connectivity index (χ0n) is 16.4. The van der Waals surface area contributed by atoms with Crippen molar-refractivity contribution in [2.24, 2.45) is 0 Å². The van der Waals surface area contributed by atoms with Gasteiger partial charge >= 0.3 is 5.97 Å². The molecule has 0 bridgehead atoms. The predicted molar refractivity (Wildman–Crippen MR) is 120 cm³/mol. The van der Waals surface area contributed by atoms with E-state index in [0.717, 1.165) is 17.1 Å². The quantitative estimate of drug-likeness (QED) is 0.460. The van der Waals surface area contributed by atoms with Crippen LogP contribution in [0, 0.1) is 0 Å². The summed E-state index contributed by atoms with van der Waals surface area (Å²) in [4.78, 5) is 18.7. The first kappa shape index (κ1) is 20.4. The molecular formula is C22H21ClN4O2S. The maximum absolute atomic E-state index is 12.3. The number of carbonyl (C=O) groups is 1. The second-order valence-corrected chi connectivity index (χ2v) is 7.67. The molecule has 0 amide bonds. The van der Waals surface area contributed by atoms with Crippen LogP contribution in [-0.4, -0.2) is 38.7 Å². The summed E-state index contributed by atoms with van der Waals surface area (Å²) in [6, 6.07) is 16.9. The molecule has 2 aromatic heterocycles. The van der Waals surface area contributed by atoms with Crippen molar-refractivity contribution in [3.63, 3.8) is 0 Å². The van der Waals surface area contributed by atoms with Crippen LogP contribution in [0.15, 0.2) is 67.0 Å². The van der Waals surface area contributed by atoms with Gasteiger partial charge in [0.2, 0.25) is 0 Å². The standard InChI is InChI=1S/C22H21ClN4O2S/c1-2-29-19(28)14-27-21(20(25-22(27)30)17-9-3-4-11-24-17)18-10-6-12-26(18)16-8-5-7-15(23)13-16/h3-13,20-21H,2,14H2,1H3,(H,25,30)/t20-,21-/m0/s1. The number of hydrogen-bond donors (Lipinski definition) is 1. The van der Waals surface area contributed by atoms with E-state index in [9.17, 15) is 4.79 Å². The summed E-state index contributed by atoms with van der Waals surface area (Å²) in [6.45, 7) is 2.16. The fourth-order valence-corrected chi connectivity index (χ4v) is 4.23. The average molecular weight is 441 g/mol. The van der Waals surface area contributed by atoms with E-state index in [1.165, 1.54) is 0 Å². The van der Waals surface area contributed by atoms with Gasteiger partial charge in [-0.25, -0.2) is 0 Å². The van der Waals surface area contributed by atoms with Crippen LogP contribution in [0.2, 0.25) is 5.02 Å². The largest absolute Gasteiger partial charge is 0.465 e. The second-order valence-electron chi connectivity index (χ2n) is 6.84. The van der Waals surface area contributed by atoms with Gasteiger partial charge in [-0.15, -0.1) is 0 Å². The Hall–Kier alpha value is -2.90. The molecular weight excluding hydrogens is 420 g/mol. The number of thiocarbonyl (C=S) groups is 1. The zero-order valence-corrected chi connectivity index (χ0v) is 17.9. The zero-order chi connectivity index (χ0) is 21.1. The molecule has 6 nitrogen and oxygen atoms in total. The third-order valence-electron chi connectivity index (χ3n) is 4.97. The first-order chi connectivity index (χ1) is 14.6. The van der Waals surface area contributed by atoms with E-state index in [2.05, 4.69) is 14.9 Å². The van der Waals surface area contributed by atoms with E-state index in [1.807, 2.05) is 65.7 Å². The molecule has 1 aromatic carbocycles. The lowest BCUT2D eigenvalue weighted by atomic mass is 10.0. The smallest absolute Gasteiger partial charge is 0.325 e. The molecule has 0 spiro atoms. The summed E-state index contributed by atoms with van der Waals surface area (Å²) < 4.78 is 7.24. The minimum atomic E-state index is -0.325. The van der Waals surface area contributed by atoms with Gasteiger partial charge in [-0.3, -0.25) is 9.78 Å². The Balaban J connectivity index is 1.79. The van der Waals surface area contributed by atoms with Crippen LogP contribution >= 0.6 is 23.8 Å². The fraction of sp³-hybridized carbons (Fsp3) is 0.227. The normalized spacial score (nSPS) is 18.3. The molecule has 0 saturated carbocycles. The van der Waals surface area contributed by atoms with E-state index in [-0.39, 0.29) is 24.6 Å². The van der Waals surface area contributed by atoms with Crippen molar-refractivity contribution in [1.29, 1.82) is 0 Å². The lowest BCUT2D eigenvalue weighted by Crippen LogP contribution is -2.36. The molecule has 1 N–H and O–H groups in total. The molecule has 30 heavy (non-hydrogen) atoms. The number of benzene rings is 1. The third kappa shape index (κ3) is 4.04. The van der Waals surface area contributed by atoms with Crippen molar-refractivity contribution in [3.8, 4) is 5.69 Å². The number of aromatic nitrogens is 2. The molecule has 1 saturated heterocycles. The van der Waals surface area contributed by atoms with Crippen LogP contribution < -0.4 is 5.32 Å². The summed E-state index contributed by atoms with van der Waals surface area (Å²) in [7, 11) is 0. The van der Waals surface area contributed by atoms with Crippen LogP contribution in [0.25, 0.3) is 5.69 Å². The molecule has 8 heteroatoms. The number of nitrogens with zero attached hydrogens (tertiary/aromatic N) is 3. The summed E-state index contributed by atoms with van der Waals surface area (Å²) >= 11 is 11.8. The Morgan fingerprint density at radius 2 is 2.10 bits per heavy atom. The molecule has 1 fully saturated rings. The molecule has 1 aliphatic heterocycles. The number of pyridine rings is 1. The summed E-state index contributed by atoms with van der Waals surface area (Å²) in [5.41, 5.74) is 2.73. The van der Waals surface area contributed by atoms with Gasteiger partial charge < -0.3 is 19.5 Å². The summed E-state index contributed by atoms with van der Waals surface area (Å²) in [6.07, 6.45) is 3.72. The van der Waals surface area contributed by atoms with E-state index in [4.69, 9.17) is 28.6 Å². The molecule has 3 aromatic rings. The van der Waals surface area contributed by atoms with Crippen molar-refractivity contribution in [2.75, 3.05) is 13.2 Å². The molecule has 0 radical (unpaired) electrons. The highest BCUT2D eigenvalue weighted by molar-refractivity contribution is 7.80. The van der Waals surface area contributed by atoms with Gasteiger partial charge in [0.1, 0.15) is 6.54 Å². The van der Waals surface area contributed by atoms with Crippen LogP contribution in [0.1, 0.15) is 30.4 Å². The summed E-state index contributed by atoms with van der Waals surface area (Å²) in [5.74, 6) is -0.325. The molecule has 4 rings (SSSR count). The van der Waals surface area contributed by atoms with Gasteiger partial charge in [-0.1, -0.05) is 23.7 Å². The van der Waals surface area contributed by atoms with E-state index in [0.29, 0.717) is 16.7 Å². The molecule has 2 atom stereocenters. The van der Waals surface area contributed by atoms with Crippen molar-refractivity contribution < 1.29 is 9.53 Å². The molecule has 0 unspecified atom stereocenters. The Morgan fingerprint density at radius 3 is 2.83 bits per heavy atom. The predicted octanol–water partition coefficient (Wildman–Crippen LogP) is 4.06. The number of carbonyl (C=O) groups excluding carboxylic acids is 1. The van der Waals surface area contributed by atoms with Crippen LogP contribution in [0.4, 0.5) is 0 Å². The van der Waals surface area contributed by atoms with Gasteiger partial charge in [0, 0.05) is 28.8 Å². The Labute approximate surface area is 185 Å². The molecule has 1 aliphatic rings. The maximum Gasteiger partial charge on any atom is 0.325 e. The Morgan fingerprint density at radius 1 is 1.23 bits per heavy atom. The van der Waals surface area contributed by atoms with Crippen LogP contribution in [0.5, 0.6) is 0 Å². The number of nitrogens with one attached hydrogen (secondary N) is 1. The van der Waals surface area contributed by atoms with Crippen molar-refractivity contribution >= 4 is 34.9 Å². The average Bonchev–Trinajstić information content (AvgIpc) is 3.34. The van der Waals surface area contributed by atoms with Gasteiger partial charge in [-0.05, 0) is 61.6 Å². The Bertz CT molecular complexity index is 1060.